The lowest BCUT2D eigenvalue weighted by molar-refractivity contribution is 0.0997. The van der Waals surface area contributed by atoms with Gasteiger partial charge in [-0.05, 0) is 67.1 Å². The van der Waals surface area contributed by atoms with Crippen LogP contribution < -0.4 is 5.32 Å². The van der Waals surface area contributed by atoms with Gasteiger partial charge in [-0.3, -0.25) is 4.79 Å². The minimum Gasteiger partial charge on any atom is -0.451 e. The van der Waals surface area contributed by atoms with Crippen molar-refractivity contribution < 1.29 is 9.21 Å². The number of rotatable bonds is 4. The monoisotopic (exact) mass is 478 g/mol. The molecule has 2 aromatic heterocycles. The van der Waals surface area contributed by atoms with Crippen molar-refractivity contribution in [2.45, 2.75) is 6.92 Å². The molecule has 0 unspecified atom stereocenters. The van der Waals surface area contributed by atoms with Crippen molar-refractivity contribution in [3.63, 3.8) is 0 Å². The molecule has 2 heterocycles. The maximum atomic E-state index is 12.8. The number of carbonyl (C=O) groups excluding carboxylic acids is 1. The summed E-state index contributed by atoms with van der Waals surface area (Å²) in [6, 6.07) is 22.5. The number of furan rings is 1. The predicted octanol–water partition coefficient (Wildman–Crippen LogP) is 8.09. The van der Waals surface area contributed by atoms with Gasteiger partial charge in [0.15, 0.2) is 5.76 Å². The second-order valence-corrected chi connectivity index (χ2v) is 9.05. The van der Waals surface area contributed by atoms with E-state index in [1.54, 1.807) is 41.7 Å². The molecule has 0 atom stereocenters. The Morgan fingerprint density at radius 2 is 1.84 bits per heavy atom. The van der Waals surface area contributed by atoms with E-state index in [0.717, 1.165) is 26.4 Å². The molecule has 5 aromatic rings. The zero-order valence-corrected chi connectivity index (χ0v) is 19.2. The number of carbonyl (C=O) groups is 1. The van der Waals surface area contributed by atoms with Gasteiger partial charge >= 0.3 is 0 Å². The number of anilines is 1. The van der Waals surface area contributed by atoms with E-state index in [-0.39, 0.29) is 11.7 Å². The Kier molecular flexibility index (Phi) is 5.47. The van der Waals surface area contributed by atoms with Gasteiger partial charge in [0.05, 0.1) is 20.3 Å². The van der Waals surface area contributed by atoms with Crippen molar-refractivity contribution in [2.75, 3.05) is 5.32 Å². The summed E-state index contributed by atoms with van der Waals surface area (Å²) in [4.78, 5) is 17.5. The van der Waals surface area contributed by atoms with Gasteiger partial charge in [0, 0.05) is 16.8 Å². The summed E-state index contributed by atoms with van der Waals surface area (Å²) in [6.45, 7) is 1.95. The van der Waals surface area contributed by atoms with Crippen LogP contribution in [-0.2, 0) is 0 Å². The summed E-state index contributed by atoms with van der Waals surface area (Å²) < 4.78 is 6.89. The van der Waals surface area contributed by atoms with Crippen LogP contribution in [0.5, 0.6) is 0 Å². The molecule has 1 amide bonds. The topological polar surface area (TPSA) is 55.1 Å². The number of nitrogens with zero attached hydrogens (tertiary/aromatic N) is 1. The SMILES string of the molecule is Cc1cc(-c2nc3ccccc3s2)ccc1NC(=O)c1ccc(-c2cccc(Cl)c2Cl)o1. The summed E-state index contributed by atoms with van der Waals surface area (Å²) in [5.41, 5.74) is 4.27. The molecule has 0 saturated heterocycles. The number of amides is 1. The number of aryl methyl sites for hydroxylation is 1. The number of para-hydroxylation sites is 1. The van der Waals surface area contributed by atoms with Crippen LogP contribution in [0.4, 0.5) is 5.69 Å². The van der Waals surface area contributed by atoms with E-state index in [2.05, 4.69) is 11.4 Å². The highest BCUT2D eigenvalue weighted by molar-refractivity contribution is 7.21. The van der Waals surface area contributed by atoms with Gasteiger partial charge in [-0.1, -0.05) is 41.4 Å². The van der Waals surface area contributed by atoms with Crippen LogP contribution in [0.25, 0.3) is 32.1 Å². The first kappa shape index (κ1) is 20.8. The van der Waals surface area contributed by atoms with Crippen LogP contribution in [0, 0.1) is 6.92 Å². The number of aromatic nitrogens is 1. The highest BCUT2D eigenvalue weighted by Crippen LogP contribution is 2.35. The molecule has 0 spiro atoms. The molecule has 0 radical (unpaired) electrons. The average molecular weight is 479 g/mol. The van der Waals surface area contributed by atoms with Crippen molar-refractivity contribution in [1.29, 1.82) is 0 Å². The Morgan fingerprint density at radius 1 is 1.00 bits per heavy atom. The summed E-state index contributed by atoms with van der Waals surface area (Å²) in [5, 5.41) is 4.67. The summed E-state index contributed by atoms with van der Waals surface area (Å²) in [6.07, 6.45) is 0. The minimum absolute atomic E-state index is 0.186. The molecule has 0 fully saturated rings. The number of halogens is 2. The Balaban J connectivity index is 1.37. The van der Waals surface area contributed by atoms with Crippen LogP contribution in [0.15, 0.2) is 77.2 Å². The molecule has 3 aromatic carbocycles. The molecule has 5 rings (SSSR count). The van der Waals surface area contributed by atoms with Gasteiger partial charge in [0.1, 0.15) is 10.8 Å². The zero-order chi connectivity index (χ0) is 22.2. The maximum absolute atomic E-state index is 12.8. The average Bonchev–Trinajstić information content (AvgIpc) is 3.44. The Hall–Kier alpha value is -3.12. The first-order valence-corrected chi connectivity index (χ1v) is 11.4. The predicted molar refractivity (Wildman–Crippen MR) is 132 cm³/mol. The molecule has 7 heteroatoms. The number of benzene rings is 3. The number of hydrogen-bond acceptors (Lipinski definition) is 4. The third-order valence-corrected chi connectivity index (χ3v) is 6.97. The maximum Gasteiger partial charge on any atom is 0.291 e. The molecule has 0 saturated carbocycles. The molecule has 0 bridgehead atoms. The van der Waals surface area contributed by atoms with Crippen LogP contribution in [0.2, 0.25) is 10.0 Å². The molecule has 0 aliphatic rings. The normalized spacial score (nSPS) is 11.1. The van der Waals surface area contributed by atoms with E-state index in [4.69, 9.17) is 32.6 Å². The molecule has 1 N–H and O–H groups in total. The van der Waals surface area contributed by atoms with E-state index in [0.29, 0.717) is 27.1 Å². The fourth-order valence-corrected chi connectivity index (χ4v) is 4.77. The number of thiazole rings is 1. The molecular weight excluding hydrogens is 463 g/mol. The number of hydrogen-bond donors (Lipinski definition) is 1. The quantitative estimate of drug-likeness (QED) is 0.283. The summed E-state index contributed by atoms with van der Waals surface area (Å²) in [7, 11) is 0. The van der Waals surface area contributed by atoms with Crippen molar-refractivity contribution in [3.05, 3.63) is 94.2 Å². The van der Waals surface area contributed by atoms with Gasteiger partial charge in [-0.15, -0.1) is 11.3 Å². The van der Waals surface area contributed by atoms with E-state index in [1.165, 1.54) is 0 Å². The Bertz CT molecular complexity index is 1440. The van der Waals surface area contributed by atoms with Gasteiger partial charge in [0.25, 0.3) is 5.91 Å². The molecule has 158 valence electrons. The number of fused-ring (bicyclic) bond motifs is 1. The third-order valence-electron chi connectivity index (χ3n) is 5.06. The van der Waals surface area contributed by atoms with Crippen LogP contribution in [0.3, 0.4) is 0 Å². The molecule has 0 aliphatic carbocycles. The molecule has 32 heavy (non-hydrogen) atoms. The lowest BCUT2D eigenvalue weighted by atomic mass is 10.1. The van der Waals surface area contributed by atoms with Gasteiger partial charge in [0.2, 0.25) is 0 Å². The minimum atomic E-state index is -0.342. The van der Waals surface area contributed by atoms with E-state index < -0.39 is 0 Å². The van der Waals surface area contributed by atoms with Gasteiger partial charge in [-0.25, -0.2) is 4.98 Å². The van der Waals surface area contributed by atoms with Crippen molar-refractivity contribution in [3.8, 4) is 21.9 Å². The van der Waals surface area contributed by atoms with Crippen LogP contribution in [0.1, 0.15) is 16.1 Å². The molecule has 0 aliphatic heterocycles. The summed E-state index contributed by atoms with van der Waals surface area (Å²) >= 11 is 14.0. The van der Waals surface area contributed by atoms with Crippen molar-refractivity contribution in [2.24, 2.45) is 0 Å². The van der Waals surface area contributed by atoms with Crippen LogP contribution >= 0.6 is 34.5 Å². The third kappa shape index (κ3) is 3.91. The summed E-state index contributed by atoms with van der Waals surface area (Å²) in [5.74, 6) is 0.321. The Morgan fingerprint density at radius 3 is 2.66 bits per heavy atom. The lowest BCUT2D eigenvalue weighted by Gasteiger charge is -2.08. The number of nitrogens with one attached hydrogen (secondary N) is 1. The first-order chi connectivity index (χ1) is 15.5. The first-order valence-electron chi connectivity index (χ1n) is 9.82. The second kappa shape index (κ2) is 8.43. The Labute approximate surface area is 198 Å². The largest absolute Gasteiger partial charge is 0.451 e. The molecule has 4 nitrogen and oxygen atoms in total. The lowest BCUT2D eigenvalue weighted by Crippen LogP contribution is -2.11. The smallest absolute Gasteiger partial charge is 0.291 e. The van der Waals surface area contributed by atoms with Crippen molar-refractivity contribution >= 4 is 56.3 Å². The van der Waals surface area contributed by atoms with Crippen LogP contribution in [-0.4, -0.2) is 10.9 Å². The molecular formula is C25H16Cl2N2O2S. The second-order valence-electron chi connectivity index (χ2n) is 7.24. The highest BCUT2D eigenvalue weighted by Gasteiger charge is 2.16. The van der Waals surface area contributed by atoms with E-state index in [9.17, 15) is 4.79 Å². The van der Waals surface area contributed by atoms with Gasteiger partial charge in [-0.2, -0.15) is 0 Å². The van der Waals surface area contributed by atoms with Crippen molar-refractivity contribution in [1.82, 2.24) is 4.98 Å². The zero-order valence-electron chi connectivity index (χ0n) is 16.9. The fraction of sp³-hybridized carbons (Fsp3) is 0.0400. The standard InChI is InChI=1S/C25H16Cl2N2O2S/c1-14-13-15(25-29-19-7-2-3-8-22(19)32-25)9-10-18(14)28-24(30)21-12-11-20(31-21)16-5-4-6-17(26)23(16)27/h2-13H,1H3,(H,28,30). The highest BCUT2D eigenvalue weighted by atomic mass is 35.5. The fourth-order valence-electron chi connectivity index (χ4n) is 3.42. The van der Waals surface area contributed by atoms with Gasteiger partial charge < -0.3 is 9.73 Å². The van der Waals surface area contributed by atoms with E-state index >= 15 is 0 Å². The van der Waals surface area contributed by atoms with E-state index in [1.807, 2.05) is 43.3 Å².